The van der Waals surface area contributed by atoms with Gasteiger partial charge in [-0.25, -0.2) is 9.40 Å². The molecule has 140 valence electrons. The molecule has 0 radical (unpaired) electrons. The van der Waals surface area contributed by atoms with E-state index in [0.717, 1.165) is 16.8 Å². The molecule has 4 rings (SSSR count). The summed E-state index contributed by atoms with van der Waals surface area (Å²) in [5, 5.41) is 6.03. The molecule has 1 atom stereocenters. The number of aryl methyl sites for hydroxylation is 1. The van der Waals surface area contributed by atoms with Crippen molar-refractivity contribution in [3.05, 3.63) is 105 Å². The zero-order chi connectivity index (χ0) is 19.7. The van der Waals surface area contributed by atoms with Gasteiger partial charge in [-0.1, -0.05) is 60.2 Å². The van der Waals surface area contributed by atoms with Gasteiger partial charge in [0, 0.05) is 16.5 Å². The number of benzene rings is 3. The summed E-state index contributed by atoms with van der Waals surface area (Å²) in [4.78, 5) is 13.3. The molecule has 3 nitrogen and oxygen atoms in total. The van der Waals surface area contributed by atoms with Crippen LogP contribution in [0.4, 0.5) is 4.39 Å². The Hall–Kier alpha value is -2.79. The number of carbonyl (C=O) groups is 1. The maximum absolute atomic E-state index is 14.5. The summed E-state index contributed by atoms with van der Waals surface area (Å²) in [6.45, 7) is 2.02. The minimum atomic E-state index is -0.489. The minimum absolute atomic E-state index is 0.261. The highest BCUT2D eigenvalue weighted by molar-refractivity contribution is 9.10. The first-order valence-electron chi connectivity index (χ1n) is 9.01. The molecule has 0 saturated heterocycles. The molecule has 1 heterocycles. The first kappa shape index (κ1) is 18.6. The molecule has 0 N–H and O–H groups in total. The summed E-state index contributed by atoms with van der Waals surface area (Å²) < 4.78 is 15.2. The monoisotopic (exact) mass is 436 g/mol. The number of hydrogen-bond donors (Lipinski definition) is 0. The van der Waals surface area contributed by atoms with Crippen LogP contribution in [0.2, 0.25) is 0 Å². The Kier molecular flexibility index (Phi) is 5.09. The van der Waals surface area contributed by atoms with E-state index in [2.05, 4.69) is 21.0 Å². The van der Waals surface area contributed by atoms with E-state index in [1.807, 2.05) is 43.3 Å². The van der Waals surface area contributed by atoms with Gasteiger partial charge in [0.25, 0.3) is 5.91 Å². The number of nitrogens with zero attached hydrogens (tertiary/aromatic N) is 2. The van der Waals surface area contributed by atoms with Crippen molar-refractivity contribution in [3.8, 4) is 0 Å². The van der Waals surface area contributed by atoms with E-state index >= 15 is 0 Å². The van der Waals surface area contributed by atoms with E-state index in [9.17, 15) is 9.18 Å². The van der Waals surface area contributed by atoms with Gasteiger partial charge in [-0.05, 0) is 46.6 Å². The molecule has 0 spiro atoms. The molecule has 1 amide bonds. The zero-order valence-electron chi connectivity index (χ0n) is 15.3. The fraction of sp³-hybridized carbons (Fsp3) is 0.130. The number of halogens is 2. The maximum atomic E-state index is 14.5. The number of hydrazone groups is 1. The van der Waals surface area contributed by atoms with E-state index in [0.29, 0.717) is 22.0 Å². The molecule has 0 aromatic heterocycles. The Morgan fingerprint density at radius 2 is 1.71 bits per heavy atom. The van der Waals surface area contributed by atoms with Crippen molar-refractivity contribution in [2.45, 2.75) is 19.4 Å². The summed E-state index contributed by atoms with van der Waals surface area (Å²) >= 11 is 3.43. The third-order valence-corrected chi connectivity index (χ3v) is 5.56. The van der Waals surface area contributed by atoms with Crippen LogP contribution in [-0.2, 0) is 0 Å². The predicted octanol–water partition coefficient (Wildman–Crippen LogP) is 5.89. The lowest BCUT2D eigenvalue weighted by Crippen LogP contribution is -2.28. The van der Waals surface area contributed by atoms with E-state index in [1.54, 1.807) is 30.3 Å². The molecular weight excluding hydrogens is 419 g/mol. The lowest BCUT2D eigenvalue weighted by atomic mass is 9.97. The quantitative estimate of drug-likeness (QED) is 0.503. The Labute approximate surface area is 171 Å². The van der Waals surface area contributed by atoms with Crippen LogP contribution in [0.3, 0.4) is 0 Å². The van der Waals surface area contributed by atoms with Crippen LogP contribution in [0.15, 0.2) is 82.4 Å². The van der Waals surface area contributed by atoms with E-state index in [4.69, 9.17) is 0 Å². The summed E-state index contributed by atoms with van der Waals surface area (Å²) in [7, 11) is 0. The third-order valence-electron chi connectivity index (χ3n) is 4.87. The first-order chi connectivity index (χ1) is 13.5. The molecule has 0 fully saturated rings. The molecule has 3 aromatic rings. The topological polar surface area (TPSA) is 32.7 Å². The Morgan fingerprint density at radius 1 is 1.04 bits per heavy atom. The molecule has 0 aliphatic carbocycles. The normalized spacial score (nSPS) is 16.2. The second kappa shape index (κ2) is 7.68. The Balaban J connectivity index is 1.77. The second-order valence-electron chi connectivity index (χ2n) is 6.78. The van der Waals surface area contributed by atoms with E-state index in [1.165, 1.54) is 11.1 Å². The van der Waals surface area contributed by atoms with Gasteiger partial charge in [-0.3, -0.25) is 4.79 Å². The highest BCUT2D eigenvalue weighted by Gasteiger charge is 2.35. The van der Waals surface area contributed by atoms with Crippen LogP contribution in [0.25, 0.3) is 0 Å². The summed E-state index contributed by atoms with van der Waals surface area (Å²) in [5.41, 5.74) is 3.82. The van der Waals surface area contributed by atoms with Crippen molar-refractivity contribution < 1.29 is 9.18 Å². The number of rotatable bonds is 3. The van der Waals surface area contributed by atoms with Crippen molar-refractivity contribution in [3.63, 3.8) is 0 Å². The maximum Gasteiger partial charge on any atom is 0.275 e. The number of hydrogen-bond acceptors (Lipinski definition) is 2. The van der Waals surface area contributed by atoms with Crippen LogP contribution in [0.1, 0.15) is 39.5 Å². The number of carbonyl (C=O) groups excluding carboxylic acids is 1. The van der Waals surface area contributed by atoms with E-state index in [-0.39, 0.29) is 11.7 Å². The minimum Gasteiger partial charge on any atom is -0.267 e. The third kappa shape index (κ3) is 3.50. The Bertz CT molecular complexity index is 1060. The molecule has 0 unspecified atom stereocenters. The van der Waals surface area contributed by atoms with Gasteiger partial charge in [-0.15, -0.1) is 0 Å². The highest BCUT2D eigenvalue weighted by atomic mass is 79.9. The van der Waals surface area contributed by atoms with Crippen LogP contribution >= 0.6 is 15.9 Å². The van der Waals surface area contributed by atoms with Crippen molar-refractivity contribution in [1.29, 1.82) is 0 Å². The average Bonchev–Trinajstić information content (AvgIpc) is 3.14. The molecule has 28 heavy (non-hydrogen) atoms. The number of amides is 1. The van der Waals surface area contributed by atoms with Gasteiger partial charge in [0.15, 0.2) is 0 Å². The molecule has 1 aliphatic heterocycles. The Morgan fingerprint density at radius 3 is 2.43 bits per heavy atom. The van der Waals surface area contributed by atoms with Gasteiger partial charge < -0.3 is 0 Å². The average molecular weight is 437 g/mol. The van der Waals surface area contributed by atoms with Crippen LogP contribution < -0.4 is 0 Å². The molecule has 0 bridgehead atoms. The van der Waals surface area contributed by atoms with Gasteiger partial charge >= 0.3 is 0 Å². The predicted molar refractivity (Wildman–Crippen MR) is 112 cm³/mol. The molecule has 1 aliphatic rings. The molecule has 0 saturated carbocycles. The van der Waals surface area contributed by atoms with Crippen molar-refractivity contribution in [2.75, 3.05) is 0 Å². The van der Waals surface area contributed by atoms with Gasteiger partial charge in [0.05, 0.1) is 17.3 Å². The SMILES string of the molecule is Cc1ccc(C2=NN(C(=O)c3ccccc3Br)[C@@H](c3ccccc3F)C2)cc1. The van der Waals surface area contributed by atoms with Crippen molar-refractivity contribution in [2.24, 2.45) is 5.10 Å². The highest BCUT2D eigenvalue weighted by Crippen LogP contribution is 2.36. The summed E-state index contributed by atoms with van der Waals surface area (Å²) in [6.07, 6.45) is 0.459. The smallest absolute Gasteiger partial charge is 0.267 e. The molecule has 5 heteroatoms. The molecular formula is C23H18BrFN2O. The standard InChI is InChI=1S/C23H18BrFN2O/c1-15-10-12-16(13-11-15)21-14-22(18-7-3-5-9-20(18)25)27(26-21)23(28)17-6-2-4-8-19(17)24/h2-13,22H,14H2,1H3/t22-/m1/s1. The second-order valence-corrected chi connectivity index (χ2v) is 7.64. The first-order valence-corrected chi connectivity index (χ1v) is 9.81. The van der Waals surface area contributed by atoms with Crippen molar-refractivity contribution >= 4 is 27.5 Å². The van der Waals surface area contributed by atoms with Crippen LogP contribution in [0, 0.1) is 12.7 Å². The van der Waals surface area contributed by atoms with Gasteiger partial charge in [-0.2, -0.15) is 5.10 Å². The van der Waals surface area contributed by atoms with Crippen LogP contribution in [0.5, 0.6) is 0 Å². The zero-order valence-corrected chi connectivity index (χ0v) is 16.9. The summed E-state index contributed by atoms with van der Waals surface area (Å²) in [5.74, 6) is -0.597. The molecule has 3 aromatic carbocycles. The van der Waals surface area contributed by atoms with Crippen LogP contribution in [-0.4, -0.2) is 16.6 Å². The fourth-order valence-electron chi connectivity index (χ4n) is 3.36. The summed E-state index contributed by atoms with van der Waals surface area (Å²) in [6, 6.07) is 21.3. The van der Waals surface area contributed by atoms with Gasteiger partial charge in [0.2, 0.25) is 0 Å². The van der Waals surface area contributed by atoms with E-state index < -0.39 is 6.04 Å². The van der Waals surface area contributed by atoms with Crippen molar-refractivity contribution in [1.82, 2.24) is 5.01 Å². The van der Waals surface area contributed by atoms with Gasteiger partial charge in [0.1, 0.15) is 5.82 Å². The fourth-order valence-corrected chi connectivity index (χ4v) is 3.82. The lowest BCUT2D eigenvalue weighted by molar-refractivity contribution is 0.0708. The largest absolute Gasteiger partial charge is 0.275 e. The lowest BCUT2D eigenvalue weighted by Gasteiger charge is -2.23.